The topological polar surface area (TPSA) is 17.1 Å². The fourth-order valence-electron chi connectivity index (χ4n) is 2.02. The molecule has 0 radical (unpaired) electrons. The minimum Gasteiger partial charge on any atom is -0.300 e. The van der Waals surface area contributed by atoms with Gasteiger partial charge in [0.1, 0.15) is 5.78 Å². The Morgan fingerprint density at radius 3 is 2.64 bits per heavy atom. The molecule has 1 aliphatic carbocycles. The smallest absolute Gasteiger partial charge is 0.133 e. The molecule has 1 rings (SSSR count). The number of ketones is 1. The molecule has 0 aromatic rings. The Morgan fingerprint density at radius 1 is 1.55 bits per heavy atom. The van der Waals surface area contributed by atoms with Crippen molar-refractivity contribution in [3.05, 3.63) is 0 Å². The van der Waals surface area contributed by atoms with Crippen LogP contribution in [0.2, 0.25) is 0 Å². The molecule has 0 unspecified atom stereocenters. The predicted molar refractivity (Wildman–Crippen MR) is 46.4 cm³/mol. The lowest BCUT2D eigenvalue weighted by molar-refractivity contribution is -0.124. The molecular formula is C10H18O. The monoisotopic (exact) mass is 154 g/mol. The van der Waals surface area contributed by atoms with Crippen LogP contribution in [0, 0.1) is 11.3 Å². The van der Waals surface area contributed by atoms with Gasteiger partial charge in [0.2, 0.25) is 0 Å². The number of carbonyl (C=O) groups excluding carboxylic acids is 1. The zero-order valence-corrected chi connectivity index (χ0v) is 7.81. The highest BCUT2D eigenvalue weighted by molar-refractivity contribution is 5.79. The third-order valence-corrected chi connectivity index (χ3v) is 3.12. The SMILES string of the molecule is CC[C@H]1CC(=O)CCC1(C)C. The van der Waals surface area contributed by atoms with Crippen LogP contribution < -0.4 is 0 Å². The van der Waals surface area contributed by atoms with E-state index in [9.17, 15) is 4.79 Å². The summed E-state index contributed by atoms with van der Waals surface area (Å²) in [5.74, 6) is 1.10. The van der Waals surface area contributed by atoms with E-state index in [0.29, 0.717) is 17.1 Å². The van der Waals surface area contributed by atoms with Crippen LogP contribution >= 0.6 is 0 Å². The zero-order valence-electron chi connectivity index (χ0n) is 7.81. The van der Waals surface area contributed by atoms with Crippen molar-refractivity contribution in [2.45, 2.75) is 46.5 Å². The predicted octanol–water partition coefficient (Wildman–Crippen LogP) is 2.79. The van der Waals surface area contributed by atoms with Gasteiger partial charge in [-0.2, -0.15) is 0 Å². The van der Waals surface area contributed by atoms with E-state index in [-0.39, 0.29) is 0 Å². The molecule has 0 aromatic carbocycles. The summed E-state index contributed by atoms with van der Waals surface area (Å²) in [6, 6.07) is 0. The summed E-state index contributed by atoms with van der Waals surface area (Å²) < 4.78 is 0. The van der Waals surface area contributed by atoms with Crippen molar-refractivity contribution in [1.29, 1.82) is 0 Å². The Labute approximate surface area is 69.2 Å². The van der Waals surface area contributed by atoms with Crippen LogP contribution in [0.5, 0.6) is 0 Å². The lowest BCUT2D eigenvalue weighted by atomic mass is 9.67. The van der Waals surface area contributed by atoms with Gasteiger partial charge in [-0.25, -0.2) is 0 Å². The van der Waals surface area contributed by atoms with Crippen LogP contribution in [0.1, 0.15) is 46.5 Å². The van der Waals surface area contributed by atoms with Crippen molar-refractivity contribution >= 4 is 5.78 Å². The van der Waals surface area contributed by atoms with Gasteiger partial charge in [-0.15, -0.1) is 0 Å². The minimum atomic E-state index is 0.405. The summed E-state index contributed by atoms with van der Waals surface area (Å²) in [4.78, 5) is 11.1. The Hall–Kier alpha value is -0.330. The quantitative estimate of drug-likeness (QED) is 0.567. The maximum Gasteiger partial charge on any atom is 0.133 e. The number of rotatable bonds is 1. The Morgan fingerprint density at radius 2 is 2.18 bits per heavy atom. The van der Waals surface area contributed by atoms with Gasteiger partial charge in [0.25, 0.3) is 0 Å². The van der Waals surface area contributed by atoms with Crippen molar-refractivity contribution in [2.75, 3.05) is 0 Å². The van der Waals surface area contributed by atoms with Crippen molar-refractivity contribution in [2.24, 2.45) is 11.3 Å². The lowest BCUT2D eigenvalue weighted by Crippen LogP contribution is -2.31. The fraction of sp³-hybridized carbons (Fsp3) is 0.900. The van der Waals surface area contributed by atoms with Crippen LogP contribution in [-0.2, 0) is 4.79 Å². The standard InChI is InChI=1S/C10H18O/c1-4-8-7-9(11)5-6-10(8,2)3/h8H,4-7H2,1-3H3/t8-/m0/s1. The Balaban J connectivity index is 2.63. The number of Topliss-reactive ketones (excluding diaryl/α,β-unsaturated/α-hetero) is 1. The summed E-state index contributed by atoms with van der Waals surface area (Å²) in [6.45, 7) is 6.76. The zero-order chi connectivity index (χ0) is 8.48. The molecule has 1 aliphatic rings. The van der Waals surface area contributed by atoms with Crippen molar-refractivity contribution in [3.8, 4) is 0 Å². The van der Waals surface area contributed by atoms with Crippen molar-refractivity contribution in [3.63, 3.8) is 0 Å². The maximum atomic E-state index is 11.1. The first-order chi connectivity index (χ1) is 5.06. The van der Waals surface area contributed by atoms with Crippen LogP contribution in [0.3, 0.4) is 0 Å². The molecule has 0 bridgehead atoms. The molecule has 0 aromatic heterocycles. The van der Waals surface area contributed by atoms with Gasteiger partial charge in [-0.3, -0.25) is 4.79 Å². The first-order valence-corrected chi connectivity index (χ1v) is 4.58. The molecule has 0 saturated heterocycles. The van der Waals surface area contributed by atoms with E-state index in [1.54, 1.807) is 0 Å². The van der Waals surface area contributed by atoms with Gasteiger partial charge in [0.05, 0.1) is 0 Å². The average molecular weight is 154 g/mol. The molecular weight excluding hydrogens is 136 g/mol. The maximum absolute atomic E-state index is 11.1. The van der Waals surface area contributed by atoms with Crippen LogP contribution in [0.4, 0.5) is 0 Å². The molecule has 11 heavy (non-hydrogen) atoms. The molecule has 0 N–H and O–H groups in total. The molecule has 0 heterocycles. The molecule has 1 nitrogen and oxygen atoms in total. The van der Waals surface area contributed by atoms with Gasteiger partial charge < -0.3 is 0 Å². The first-order valence-electron chi connectivity index (χ1n) is 4.58. The third kappa shape index (κ3) is 1.82. The average Bonchev–Trinajstić information content (AvgIpc) is 1.94. The molecule has 1 heteroatoms. The van der Waals surface area contributed by atoms with E-state index in [1.165, 1.54) is 0 Å². The van der Waals surface area contributed by atoms with Gasteiger partial charge in [-0.05, 0) is 17.8 Å². The molecule has 64 valence electrons. The summed E-state index contributed by atoms with van der Waals surface area (Å²) in [5.41, 5.74) is 0.405. The van der Waals surface area contributed by atoms with Crippen molar-refractivity contribution < 1.29 is 4.79 Å². The Bertz CT molecular complexity index is 158. The summed E-state index contributed by atoms with van der Waals surface area (Å²) >= 11 is 0. The number of carbonyl (C=O) groups is 1. The minimum absolute atomic E-state index is 0.405. The van der Waals surface area contributed by atoms with Crippen molar-refractivity contribution in [1.82, 2.24) is 0 Å². The highest BCUT2D eigenvalue weighted by atomic mass is 16.1. The first kappa shape index (κ1) is 8.76. The highest BCUT2D eigenvalue weighted by Gasteiger charge is 2.33. The number of hydrogen-bond acceptors (Lipinski definition) is 1. The third-order valence-electron chi connectivity index (χ3n) is 3.12. The molecule has 0 amide bonds. The van der Waals surface area contributed by atoms with E-state index < -0.39 is 0 Å². The molecule has 1 atom stereocenters. The second kappa shape index (κ2) is 2.96. The largest absolute Gasteiger partial charge is 0.300 e. The van der Waals surface area contributed by atoms with Gasteiger partial charge in [0, 0.05) is 12.8 Å². The normalized spacial score (nSPS) is 30.5. The Kier molecular flexibility index (Phi) is 2.36. The van der Waals surface area contributed by atoms with E-state index in [1.807, 2.05) is 0 Å². The highest BCUT2D eigenvalue weighted by Crippen LogP contribution is 2.40. The molecule has 1 fully saturated rings. The second-order valence-electron chi connectivity index (χ2n) is 4.34. The van der Waals surface area contributed by atoms with Gasteiger partial charge >= 0.3 is 0 Å². The van der Waals surface area contributed by atoms with Gasteiger partial charge in [0.15, 0.2) is 0 Å². The van der Waals surface area contributed by atoms with Gasteiger partial charge in [-0.1, -0.05) is 27.2 Å². The lowest BCUT2D eigenvalue weighted by Gasteiger charge is -2.37. The number of hydrogen-bond donors (Lipinski definition) is 0. The fourth-order valence-corrected chi connectivity index (χ4v) is 2.02. The molecule has 1 saturated carbocycles. The van der Waals surface area contributed by atoms with E-state index in [4.69, 9.17) is 0 Å². The molecule has 0 spiro atoms. The van der Waals surface area contributed by atoms with Crippen LogP contribution in [0.25, 0.3) is 0 Å². The summed E-state index contributed by atoms with van der Waals surface area (Å²) in [7, 11) is 0. The van der Waals surface area contributed by atoms with Crippen LogP contribution in [-0.4, -0.2) is 5.78 Å². The van der Waals surface area contributed by atoms with Crippen LogP contribution in [0.15, 0.2) is 0 Å². The summed E-state index contributed by atoms with van der Waals surface area (Å²) in [6.07, 6.45) is 3.87. The summed E-state index contributed by atoms with van der Waals surface area (Å²) in [5, 5.41) is 0. The second-order valence-corrected chi connectivity index (χ2v) is 4.34. The van der Waals surface area contributed by atoms with E-state index in [0.717, 1.165) is 25.7 Å². The van der Waals surface area contributed by atoms with E-state index in [2.05, 4.69) is 20.8 Å². The van der Waals surface area contributed by atoms with E-state index >= 15 is 0 Å². The molecule has 0 aliphatic heterocycles.